The molecule has 0 unspecified atom stereocenters. The average molecular weight is 202 g/mol. The molecule has 0 saturated carbocycles. The van der Waals surface area contributed by atoms with E-state index >= 15 is 0 Å². The summed E-state index contributed by atoms with van der Waals surface area (Å²) in [6.07, 6.45) is 2.10. The van der Waals surface area contributed by atoms with Gasteiger partial charge < -0.3 is 9.47 Å². The molecule has 0 aliphatic rings. The van der Waals surface area contributed by atoms with Crippen molar-refractivity contribution in [2.24, 2.45) is 0 Å². The lowest BCUT2D eigenvalue weighted by Crippen LogP contribution is -2.49. The van der Waals surface area contributed by atoms with Crippen LogP contribution in [0.15, 0.2) is 0 Å². The van der Waals surface area contributed by atoms with E-state index in [0.29, 0.717) is 0 Å². The van der Waals surface area contributed by atoms with Crippen molar-refractivity contribution in [3.8, 4) is 0 Å². The predicted molar refractivity (Wildman–Crippen MR) is 60.6 cm³/mol. The van der Waals surface area contributed by atoms with E-state index in [9.17, 15) is 0 Å². The molecule has 2 heteroatoms. The first-order valence-corrected chi connectivity index (χ1v) is 5.65. The van der Waals surface area contributed by atoms with Crippen LogP contribution in [0, 0.1) is 0 Å². The molecular formula is C12H26O2. The van der Waals surface area contributed by atoms with Crippen LogP contribution in [0.4, 0.5) is 0 Å². The molecule has 0 radical (unpaired) electrons. The van der Waals surface area contributed by atoms with Gasteiger partial charge in [0.15, 0.2) is 0 Å². The van der Waals surface area contributed by atoms with Gasteiger partial charge in [-0.1, -0.05) is 13.8 Å². The van der Waals surface area contributed by atoms with Crippen molar-refractivity contribution < 1.29 is 9.47 Å². The lowest BCUT2D eigenvalue weighted by Gasteiger charge is -2.41. The Morgan fingerprint density at radius 3 is 1.21 bits per heavy atom. The van der Waals surface area contributed by atoms with Crippen LogP contribution in [-0.2, 0) is 9.47 Å². The summed E-state index contributed by atoms with van der Waals surface area (Å²) < 4.78 is 11.6. The first kappa shape index (κ1) is 13.9. The van der Waals surface area contributed by atoms with Gasteiger partial charge in [-0.2, -0.15) is 0 Å². The summed E-state index contributed by atoms with van der Waals surface area (Å²) in [6, 6.07) is 0. The van der Waals surface area contributed by atoms with Gasteiger partial charge in [0.25, 0.3) is 0 Å². The molecule has 0 aromatic carbocycles. The average Bonchev–Trinajstić information content (AvgIpc) is 2.11. The maximum atomic E-state index is 5.82. The Morgan fingerprint density at radius 2 is 1.00 bits per heavy atom. The van der Waals surface area contributed by atoms with Crippen LogP contribution in [0.2, 0.25) is 0 Å². The highest BCUT2D eigenvalue weighted by Crippen LogP contribution is 2.29. The molecule has 0 heterocycles. The zero-order chi connectivity index (χ0) is 11.2. The number of hydrogen-bond donors (Lipinski definition) is 0. The molecule has 0 aliphatic heterocycles. The molecule has 0 bridgehead atoms. The lowest BCUT2D eigenvalue weighted by molar-refractivity contribution is -0.176. The van der Waals surface area contributed by atoms with Crippen molar-refractivity contribution in [3.63, 3.8) is 0 Å². The maximum absolute atomic E-state index is 5.82. The van der Waals surface area contributed by atoms with E-state index in [1.807, 2.05) is 0 Å². The second-order valence-electron chi connectivity index (χ2n) is 4.72. The quantitative estimate of drug-likeness (QED) is 0.630. The Kier molecular flexibility index (Phi) is 5.68. The molecule has 14 heavy (non-hydrogen) atoms. The number of ether oxygens (including phenoxy) is 2. The smallest absolute Gasteiger partial charge is 0.0909 e. The normalized spacial score (nSPS) is 13.3. The van der Waals surface area contributed by atoms with E-state index in [-0.39, 0.29) is 11.2 Å². The summed E-state index contributed by atoms with van der Waals surface area (Å²) in [5.74, 6) is 0. The third-order valence-corrected chi connectivity index (χ3v) is 2.78. The molecular weight excluding hydrogens is 176 g/mol. The molecule has 0 atom stereocenters. The van der Waals surface area contributed by atoms with Gasteiger partial charge >= 0.3 is 0 Å². The minimum absolute atomic E-state index is 0.224. The Bertz CT molecular complexity index is 132. The van der Waals surface area contributed by atoms with E-state index in [2.05, 4.69) is 41.5 Å². The minimum Gasteiger partial charge on any atom is -0.373 e. The van der Waals surface area contributed by atoms with Crippen LogP contribution in [-0.4, -0.2) is 24.4 Å². The van der Waals surface area contributed by atoms with E-state index in [4.69, 9.17) is 9.47 Å². The summed E-state index contributed by atoms with van der Waals surface area (Å²) in [4.78, 5) is 0. The zero-order valence-electron chi connectivity index (χ0n) is 10.6. The molecule has 86 valence electrons. The molecule has 0 saturated heterocycles. The molecule has 2 nitrogen and oxygen atoms in total. The molecule has 0 amide bonds. The van der Waals surface area contributed by atoms with Crippen molar-refractivity contribution >= 4 is 0 Å². The fraction of sp³-hybridized carbons (Fsp3) is 1.00. The SMILES string of the molecule is CCCOC(C)(C)C(C)(C)OCCC. The fourth-order valence-electron chi connectivity index (χ4n) is 1.06. The molecule has 0 aromatic rings. The topological polar surface area (TPSA) is 18.5 Å². The molecule has 0 aromatic heterocycles. The van der Waals surface area contributed by atoms with Crippen LogP contribution in [0.25, 0.3) is 0 Å². The number of hydrogen-bond acceptors (Lipinski definition) is 2. The van der Waals surface area contributed by atoms with Crippen LogP contribution < -0.4 is 0 Å². The fourth-order valence-corrected chi connectivity index (χ4v) is 1.06. The Labute approximate surface area is 89.0 Å². The molecule has 0 fully saturated rings. The van der Waals surface area contributed by atoms with E-state index in [0.717, 1.165) is 26.1 Å². The molecule has 0 rings (SSSR count). The number of rotatable bonds is 7. The minimum atomic E-state index is -0.224. The highest BCUT2D eigenvalue weighted by molar-refractivity contribution is 4.89. The Morgan fingerprint density at radius 1 is 0.714 bits per heavy atom. The molecule has 0 aliphatic carbocycles. The first-order valence-electron chi connectivity index (χ1n) is 5.65. The standard InChI is InChI=1S/C12H26O2/c1-7-9-13-11(3,4)12(5,6)14-10-8-2/h7-10H2,1-6H3. The van der Waals surface area contributed by atoms with Crippen LogP contribution in [0.3, 0.4) is 0 Å². The zero-order valence-corrected chi connectivity index (χ0v) is 10.6. The summed E-state index contributed by atoms with van der Waals surface area (Å²) in [5, 5.41) is 0. The van der Waals surface area contributed by atoms with Gasteiger partial charge in [-0.05, 0) is 40.5 Å². The van der Waals surface area contributed by atoms with E-state index in [1.165, 1.54) is 0 Å². The van der Waals surface area contributed by atoms with Gasteiger partial charge in [0, 0.05) is 13.2 Å². The molecule has 0 spiro atoms. The third-order valence-electron chi connectivity index (χ3n) is 2.78. The summed E-state index contributed by atoms with van der Waals surface area (Å²) in [5.41, 5.74) is -0.448. The van der Waals surface area contributed by atoms with E-state index in [1.54, 1.807) is 0 Å². The van der Waals surface area contributed by atoms with Crippen molar-refractivity contribution in [1.82, 2.24) is 0 Å². The Balaban J connectivity index is 4.20. The first-order chi connectivity index (χ1) is 6.37. The maximum Gasteiger partial charge on any atom is 0.0909 e. The second kappa shape index (κ2) is 5.72. The van der Waals surface area contributed by atoms with Crippen molar-refractivity contribution in [2.45, 2.75) is 65.6 Å². The lowest BCUT2D eigenvalue weighted by atomic mass is 9.89. The van der Waals surface area contributed by atoms with Crippen LogP contribution in [0.1, 0.15) is 54.4 Å². The predicted octanol–water partition coefficient (Wildman–Crippen LogP) is 3.40. The Hall–Kier alpha value is -0.0800. The highest BCUT2D eigenvalue weighted by Gasteiger charge is 2.38. The van der Waals surface area contributed by atoms with Gasteiger partial charge in [0.2, 0.25) is 0 Å². The van der Waals surface area contributed by atoms with Crippen LogP contribution >= 0.6 is 0 Å². The molecule has 0 N–H and O–H groups in total. The summed E-state index contributed by atoms with van der Waals surface area (Å²) >= 11 is 0. The third kappa shape index (κ3) is 3.97. The van der Waals surface area contributed by atoms with Crippen molar-refractivity contribution in [2.75, 3.05) is 13.2 Å². The summed E-state index contributed by atoms with van der Waals surface area (Å²) in [7, 11) is 0. The van der Waals surface area contributed by atoms with Gasteiger partial charge in [-0.15, -0.1) is 0 Å². The van der Waals surface area contributed by atoms with E-state index < -0.39 is 0 Å². The van der Waals surface area contributed by atoms with Gasteiger partial charge in [-0.3, -0.25) is 0 Å². The van der Waals surface area contributed by atoms with Crippen molar-refractivity contribution in [3.05, 3.63) is 0 Å². The van der Waals surface area contributed by atoms with Gasteiger partial charge in [-0.25, -0.2) is 0 Å². The summed E-state index contributed by atoms with van der Waals surface area (Å²) in [6.45, 7) is 14.2. The van der Waals surface area contributed by atoms with Gasteiger partial charge in [0.05, 0.1) is 11.2 Å². The largest absolute Gasteiger partial charge is 0.373 e. The van der Waals surface area contributed by atoms with Gasteiger partial charge in [0.1, 0.15) is 0 Å². The highest BCUT2D eigenvalue weighted by atomic mass is 16.6. The van der Waals surface area contributed by atoms with Crippen LogP contribution in [0.5, 0.6) is 0 Å². The second-order valence-corrected chi connectivity index (χ2v) is 4.72. The van der Waals surface area contributed by atoms with Crippen molar-refractivity contribution in [1.29, 1.82) is 0 Å². The monoisotopic (exact) mass is 202 g/mol.